The molecule has 2 aliphatic rings. The van der Waals surface area contributed by atoms with Crippen LogP contribution in [0.5, 0.6) is 0 Å². The molecule has 37 heavy (non-hydrogen) atoms. The van der Waals surface area contributed by atoms with Crippen LogP contribution in [0.1, 0.15) is 32.8 Å². The maximum Gasteiger partial charge on any atom is 0.321 e. The lowest BCUT2D eigenvalue weighted by Crippen LogP contribution is -2.54. The topological polar surface area (TPSA) is 79.0 Å². The minimum absolute atomic E-state index is 0.0880. The molecule has 2 fully saturated rings. The number of rotatable bonds is 5. The first-order valence-electron chi connectivity index (χ1n) is 12.3. The molecule has 3 amide bonds. The number of ketones is 1. The summed E-state index contributed by atoms with van der Waals surface area (Å²) in [6.07, 6.45) is 0. The summed E-state index contributed by atoms with van der Waals surface area (Å²) in [5, 5.41) is 5.18. The Hall–Kier alpha value is -3.20. The van der Waals surface area contributed by atoms with Crippen LogP contribution in [-0.4, -0.2) is 66.9 Å². The van der Waals surface area contributed by atoms with Crippen LogP contribution in [0.3, 0.4) is 0 Å². The van der Waals surface area contributed by atoms with Gasteiger partial charge in [0.2, 0.25) is 5.91 Å². The first kappa shape index (κ1) is 25.4. The third-order valence-electron chi connectivity index (χ3n) is 7.15. The number of carbonyl (C=O) groups is 3. The Balaban J connectivity index is 1.73. The smallest absolute Gasteiger partial charge is 0.321 e. The monoisotopic (exact) mass is 537 g/mol. The molecule has 9 heteroatoms. The van der Waals surface area contributed by atoms with Gasteiger partial charge in [-0.05, 0) is 34.7 Å². The van der Waals surface area contributed by atoms with Gasteiger partial charge in [-0.25, -0.2) is 4.79 Å². The summed E-state index contributed by atoms with van der Waals surface area (Å²) in [5.41, 5.74) is 1.59. The average molecular weight is 538 g/mol. The van der Waals surface area contributed by atoms with Gasteiger partial charge in [0.05, 0.1) is 30.1 Å². The molecule has 0 aliphatic carbocycles. The average Bonchev–Trinajstić information content (AvgIpc) is 3.60. The van der Waals surface area contributed by atoms with Crippen molar-refractivity contribution in [3.8, 4) is 0 Å². The predicted octanol–water partition coefficient (Wildman–Crippen LogP) is 4.61. The molecule has 0 radical (unpaired) electrons. The van der Waals surface area contributed by atoms with Crippen LogP contribution >= 0.6 is 22.9 Å². The van der Waals surface area contributed by atoms with E-state index in [1.165, 1.54) is 11.3 Å². The third-order valence-corrected chi connectivity index (χ3v) is 8.28. The lowest BCUT2D eigenvalue weighted by atomic mass is 9.77. The highest BCUT2D eigenvalue weighted by Gasteiger charge is 2.58. The number of nitrogens with zero attached hydrogens (tertiary/aromatic N) is 2. The van der Waals surface area contributed by atoms with E-state index in [1.54, 1.807) is 35.0 Å². The second-order valence-electron chi connectivity index (χ2n) is 9.15. The number of hydrogen-bond donors (Lipinski definition) is 1. The Morgan fingerprint density at radius 2 is 1.65 bits per heavy atom. The number of carbonyl (C=O) groups excluding carboxylic acids is 3. The van der Waals surface area contributed by atoms with Crippen molar-refractivity contribution in [1.82, 2.24) is 15.1 Å². The van der Waals surface area contributed by atoms with Gasteiger partial charge >= 0.3 is 6.03 Å². The molecule has 2 aromatic carbocycles. The summed E-state index contributed by atoms with van der Waals surface area (Å²) >= 11 is 7.57. The van der Waals surface area contributed by atoms with Gasteiger partial charge in [0.25, 0.3) is 0 Å². The molecule has 3 heterocycles. The van der Waals surface area contributed by atoms with Gasteiger partial charge < -0.3 is 19.9 Å². The van der Waals surface area contributed by atoms with Crippen LogP contribution in [0.4, 0.5) is 4.79 Å². The molecule has 2 aliphatic heterocycles. The number of likely N-dealkylation sites (N-methyl/N-ethyl adjacent to an activating group) is 1. The van der Waals surface area contributed by atoms with Crippen molar-refractivity contribution in [2.45, 2.75) is 18.0 Å². The Labute approximate surface area is 225 Å². The first-order valence-corrected chi connectivity index (χ1v) is 13.5. The zero-order valence-electron chi connectivity index (χ0n) is 20.4. The second-order valence-corrected chi connectivity index (χ2v) is 10.5. The maximum absolute atomic E-state index is 14.2. The predicted molar refractivity (Wildman–Crippen MR) is 143 cm³/mol. The van der Waals surface area contributed by atoms with E-state index in [0.29, 0.717) is 36.2 Å². The van der Waals surface area contributed by atoms with E-state index >= 15 is 0 Å². The maximum atomic E-state index is 14.2. The molecule has 0 saturated carbocycles. The summed E-state index contributed by atoms with van der Waals surface area (Å²) in [4.78, 5) is 46.0. The number of halogens is 1. The minimum atomic E-state index is -0.902. The number of hydrogen-bond acceptors (Lipinski definition) is 5. The van der Waals surface area contributed by atoms with Crippen molar-refractivity contribution in [2.24, 2.45) is 5.92 Å². The van der Waals surface area contributed by atoms with Crippen LogP contribution < -0.4 is 5.32 Å². The largest absolute Gasteiger partial charge is 0.378 e. The van der Waals surface area contributed by atoms with Crippen molar-refractivity contribution in [1.29, 1.82) is 0 Å². The molecule has 4 unspecified atom stereocenters. The molecular formula is C28H28ClN3O4S. The molecule has 1 aromatic heterocycles. The number of benzene rings is 2. The van der Waals surface area contributed by atoms with Gasteiger partial charge in [0.1, 0.15) is 6.04 Å². The quantitative estimate of drug-likeness (QED) is 0.482. The number of Topliss-reactive ketones (excluding diaryl/α,β-unsaturated/α-hetero) is 1. The molecule has 0 bridgehead atoms. The van der Waals surface area contributed by atoms with E-state index in [4.69, 9.17) is 16.3 Å². The first-order chi connectivity index (χ1) is 18.0. The van der Waals surface area contributed by atoms with Crippen LogP contribution in [0.15, 0.2) is 72.1 Å². The molecule has 192 valence electrons. The summed E-state index contributed by atoms with van der Waals surface area (Å²) in [5.74, 6) is -1.67. The Bertz CT molecular complexity index is 1250. The SMILES string of the molecule is CNC(=O)C1C(c2ccc(Cl)cc2)C(C(=O)c2cccs2)C(c2ccccc2)N1C(=O)N1CCOCC1. The number of likely N-dealkylation sites (tertiary alicyclic amines) is 1. The summed E-state index contributed by atoms with van der Waals surface area (Å²) in [6.45, 7) is 1.70. The number of thiophene rings is 1. The van der Waals surface area contributed by atoms with E-state index in [1.807, 2.05) is 53.9 Å². The van der Waals surface area contributed by atoms with Crippen molar-refractivity contribution in [3.63, 3.8) is 0 Å². The second kappa shape index (κ2) is 11.0. The van der Waals surface area contributed by atoms with E-state index in [0.717, 1.165) is 11.1 Å². The number of amides is 3. The molecule has 3 aromatic rings. The summed E-state index contributed by atoms with van der Waals surface area (Å²) in [6, 6.07) is 18.6. The van der Waals surface area contributed by atoms with Gasteiger partial charge in [-0.3, -0.25) is 9.59 Å². The van der Waals surface area contributed by atoms with Gasteiger partial charge in [0.15, 0.2) is 5.78 Å². The van der Waals surface area contributed by atoms with Crippen molar-refractivity contribution in [2.75, 3.05) is 33.4 Å². The van der Waals surface area contributed by atoms with Crippen LogP contribution in [0, 0.1) is 5.92 Å². The molecule has 5 rings (SSSR count). The van der Waals surface area contributed by atoms with Gasteiger partial charge in [-0.1, -0.05) is 60.1 Å². The lowest BCUT2D eigenvalue weighted by molar-refractivity contribution is -0.125. The van der Waals surface area contributed by atoms with Crippen molar-refractivity contribution >= 4 is 40.7 Å². The molecular weight excluding hydrogens is 510 g/mol. The number of nitrogens with one attached hydrogen (secondary N) is 1. The van der Waals surface area contributed by atoms with E-state index < -0.39 is 23.9 Å². The number of urea groups is 1. The van der Waals surface area contributed by atoms with Gasteiger partial charge in [-0.2, -0.15) is 0 Å². The molecule has 7 nitrogen and oxygen atoms in total. The number of ether oxygens (including phenoxy) is 1. The lowest BCUT2D eigenvalue weighted by Gasteiger charge is -2.37. The fourth-order valence-electron chi connectivity index (χ4n) is 5.49. The standard InChI is InChI=1S/C28H28ClN3O4S/c1-30-27(34)25-22(18-9-11-20(29)12-10-18)23(26(33)21-8-5-17-37-21)24(19-6-3-2-4-7-19)32(25)28(35)31-13-15-36-16-14-31/h2-12,17,22-25H,13-16H2,1H3,(H,30,34). The van der Waals surface area contributed by atoms with Gasteiger partial charge in [0, 0.05) is 31.1 Å². The highest BCUT2D eigenvalue weighted by molar-refractivity contribution is 7.12. The van der Waals surface area contributed by atoms with Gasteiger partial charge in [-0.15, -0.1) is 11.3 Å². The summed E-state index contributed by atoms with van der Waals surface area (Å²) in [7, 11) is 1.56. The number of morpholine rings is 1. The Morgan fingerprint density at radius 3 is 2.27 bits per heavy atom. The third kappa shape index (κ3) is 4.89. The zero-order chi connectivity index (χ0) is 25.9. The van der Waals surface area contributed by atoms with Crippen molar-refractivity contribution < 1.29 is 19.1 Å². The van der Waals surface area contributed by atoms with E-state index in [9.17, 15) is 14.4 Å². The fourth-order valence-corrected chi connectivity index (χ4v) is 6.33. The highest BCUT2D eigenvalue weighted by atomic mass is 35.5. The molecule has 1 N–H and O–H groups in total. The highest BCUT2D eigenvalue weighted by Crippen LogP contribution is 2.52. The Morgan fingerprint density at radius 1 is 0.946 bits per heavy atom. The van der Waals surface area contributed by atoms with Crippen molar-refractivity contribution in [3.05, 3.63) is 93.1 Å². The Kier molecular flexibility index (Phi) is 7.60. The minimum Gasteiger partial charge on any atom is -0.378 e. The van der Waals surface area contributed by atoms with Crippen LogP contribution in [-0.2, 0) is 9.53 Å². The zero-order valence-corrected chi connectivity index (χ0v) is 22.0. The summed E-state index contributed by atoms with van der Waals surface area (Å²) < 4.78 is 5.47. The fraction of sp³-hybridized carbons (Fsp3) is 0.321. The molecule has 0 spiro atoms. The normalized spacial score (nSPS) is 23.6. The van der Waals surface area contributed by atoms with E-state index in [-0.39, 0.29) is 17.7 Å². The van der Waals surface area contributed by atoms with Crippen LogP contribution in [0.2, 0.25) is 5.02 Å². The molecule has 2 saturated heterocycles. The van der Waals surface area contributed by atoms with E-state index in [2.05, 4.69) is 5.32 Å². The molecule has 4 atom stereocenters. The van der Waals surface area contributed by atoms with Crippen LogP contribution in [0.25, 0.3) is 0 Å².